The number of nitrogens with one attached hydrogen (secondary N) is 2. The monoisotopic (exact) mass is 364 g/mol. The van der Waals surface area contributed by atoms with Gasteiger partial charge < -0.3 is 10.6 Å². The summed E-state index contributed by atoms with van der Waals surface area (Å²) in [5.41, 5.74) is 1.54. The number of aromatic nitrogens is 2. The number of rotatable bonds is 7. The normalized spacial score (nSPS) is 11.9. The van der Waals surface area contributed by atoms with Crippen LogP contribution in [-0.4, -0.2) is 28.1 Å². The third kappa shape index (κ3) is 4.87. The third-order valence-corrected chi connectivity index (χ3v) is 3.98. The summed E-state index contributed by atoms with van der Waals surface area (Å²) in [6, 6.07) is 2.97. The van der Waals surface area contributed by atoms with Crippen molar-refractivity contribution < 1.29 is 18.4 Å². The second-order valence-corrected chi connectivity index (χ2v) is 6.07. The molecule has 0 bridgehead atoms. The van der Waals surface area contributed by atoms with Gasteiger partial charge in [-0.05, 0) is 32.4 Å². The van der Waals surface area contributed by atoms with Crippen LogP contribution in [0.3, 0.4) is 0 Å². The summed E-state index contributed by atoms with van der Waals surface area (Å²) in [4.78, 5) is 22.8. The fraction of sp³-hybridized carbons (Fsp3) is 0.389. The number of carbonyl (C=O) groups excluding carboxylic acids is 2. The van der Waals surface area contributed by atoms with Gasteiger partial charge >= 0.3 is 0 Å². The molecule has 0 aliphatic carbocycles. The van der Waals surface area contributed by atoms with Gasteiger partial charge in [0, 0.05) is 37.2 Å². The molecular formula is C18H22F2N4O2. The van der Waals surface area contributed by atoms with Crippen LogP contribution in [-0.2, 0) is 9.59 Å². The molecule has 140 valence electrons. The minimum Gasteiger partial charge on any atom is -0.356 e. The van der Waals surface area contributed by atoms with Crippen molar-refractivity contribution in [3.63, 3.8) is 0 Å². The molecule has 2 N–H and O–H groups in total. The molecule has 26 heavy (non-hydrogen) atoms. The summed E-state index contributed by atoms with van der Waals surface area (Å²) in [6.45, 7) is 5.43. The first-order chi connectivity index (χ1) is 12.3. The van der Waals surface area contributed by atoms with Gasteiger partial charge in [-0.1, -0.05) is 0 Å². The van der Waals surface area contributed by atoms with E-state index in [0.29, 0.717) is 18.7 Å². The highest BCUT2D eigenvalue weighted by molar-refractivity contribution is 5.76. The largest absolute Gasteiger partial charge is 0.356 e. The van der Waals surface area contributed by atoms with Crippen molar-refractivity contribution in [3.8, 4) is 5.69 Å². The molecule has 2 rings (SSSR count). The first-order valence-electron chi connectivity index (χ1n) is 8.33. The highest BCUT2D eigenvalue weighted by atomic mass is 19.1. The molecule has 0 radical (unpaired) electrons. The van der Waals surface area contributed by atoms with Crippen molar-refractivity contribution in [2.45, 2.75) is 39.7 Å². The summed E-state index contributed by atoms with van der Waals surface area (Å²) in [5.74, 6) is -1.65. The van der Waals surface area contributed by atoms with Gasteiger partial charge in [0.05, 0.1) is 12.2 Å². The minimum absolute atomic E-state index is 0.130. The second-order valence-electron chi connectivity index (χ2n) is 6.07. The molecule has 0 spiro atoms. The Hall–Kier alpha value is -2.77. The summed E-state index contributed by atoms with van der Waals surface area (Å²) in [7, 11) is 0. The average Bonchev–Trinajstić information content (AvgIpc) is 2.93. The van der Waals surface area contributed by atoms with E-state index in [9.17, 15) is 18.4 Å². The lowest BCUT2D eigenvalue weighted by molar-refractivity contribution is -0.122. The maximum absolute atomic E-state index is 14.0. The summed E-state index contributed by atoms with van der Waals surface area (Å²) in [6.07, 6.45) is 2.38. The van der Waals surface area contributed by atoms with Gasteiger partial charge in [0.2, 0.25) is 11.8 Å². The number of halogens is 2. The Morgan fingerprint density at radius 2 is 2.04 bits per heavy atom. The molecule has 1 atom stereocenters. The molecule has 2 aromatic rings. The summed E-state index contributed by atoms with van der Waals surface area (Å²) < 4.78 is 28.4. The standard InChI is InChI=1S/C18H22F2N4O2/c1-11(23-18(26)5-4-8-21-13(3)25)15-10-22-24(12(15)2)17-7-6-14(19)9-16(17)20/h6-7,9-11H,4-5,8H2,1-3H3,(H,21,25)(H,23,26)/t11-/m0/s1. The second kappa shape index (κ2) is 8.55. The molecule has 0 aliphatic heterocycles. The van der Waals surface area contributed by atoms with Crippen LogP contribution in [0.15, 0.2) is 24.4 Å². The van der Waals surface area contributed by atoms with E-state index in [1.165, 1.54) is 23.7 Å². The Morgan fingerprint density at radius 3 is 2.69 bits per heavy atom. The van der Waals surface area contributed by atoms with Gasteiger partial charge in [0.1, 0.15) is 11.5 Å². The maximum Gasteiger partial charge on any atom is 0.220 e. The van der Waals surface area contributed by atoms with Crippen molar-refractivity contribution in [1.82, 2.24) is 20.4 Å². The van der Waals surface area contributed by atoms with Crippen LogP contribution in [0.2, 0.25) is 0 Å². The number of hydrogen-bond acceptors (Lipinski definition) is 3. The average molecular weight is 364 g/mol. The van der Waals surface area contributed by atoms with Gasteiger partial charge in [-0.3, -0.25) is 9.59 Å². The van der Waals surface area contributed by atoms with E-state index in [-0.39, 0.29) is 30.0 Å². The van der Waals surface area contributed by atoms with E-state index in [2.05, 4.69) is 15.7 Å². The van der Waals surface area contributed by atoms with Crippen LogP contribution in [0.4, 0.5) is 8.78 Å². The topological polar surface area (TPSA) is 76.0 Å². The first-order valence-corrected chi connectivity index (χ1v) is 8.33. The van der Waals surface area contributed by atoms with E-state index in [0.717, 1.165) is 11.6 Å². The molecule has 0 fully saturated rings. The van der Waals surface area contributed by atoms with E-state index in [1.54, 1.807) is 20.0 Å². The van der Waals surface area contributed by atoms with Gasteiger partial charge in [-0.2, -0.15) is 5.10 Å². The predicted octanol–water partition coefficient (Wildman–Crippen LogP) is 2.55. The molecule has 1 heterocycles. The van der Waals surface area contributed by atoms with Crippen LogP contribution in [0.5, 0.6) is 0 Å². The smallest absolute Gasteiger partial charge is 0.220 e. The lowest BCUT2D eigenvalue weighted by Crippen LogP contribution is -2.28. The molecule has 0 saturated heterocycles. The first kappa shape index (κ1) is 19.6. The molecule has 0 unspecified atom stereocenters. The van der Waals surface area contributed by atoms with Crippen LogP contribution in [0, 0.1) is 18.6 Å². The van der Waals surface area contributed by atoms with Crippen molar-refractivity contribution in [1.29, 1.82) is 0 Å². The SMILES string of the molecule is CC(=O)NCCCC(=O)N[C@@H](C)c1cnn(-c2ccc(F)cc2F)c1C. The number of nitrogens with zero attached hydrogens (tertiary/aromatic N) is 2. The summed E-state index contributed by atoms with van der Waals surface area (Å²) in [5, 5.41) is 9.64. The quantitative estimate of drug-likeness (QED) is 0.742. The Morgan fingerprint density at radius 1 is 1.31 bits per heavy atom. The van der Waals surface area contributed by atoms with E-state index < -0.39 is 11.6 Å². The molecule has 2 amide bonds. The Kier molecular flexibility index (Phi) is 6.43. The van der Waals surface area contributed by atoms with Crippen LogP contribution < -0.4 is 10.6 Å². The zero-order chi connectivity index (χ0) is 19.3. The molecule has 1 aromatic carbocycles. The zero-order valence-electron chi connectivity index (χ0n) is 15.0. The van der Waals surface area contributed by atoms with Gasteiger partial charge in [0.15, 0.2) is 5.82 Å². The molecule has 0 aliphatic rings. The number of carbonyl (C=O) groups is 2. The highest BCUT2D eigenvalue weighted by Crippen LogP contribution is 2.22. The Bertz CT molecular complexity index is 804. The van der Waals surface area contributed by atoms with E-state index in [1.807, 2.05) is 0 Å². The lowest BCUT2D eigenvalue weighted by atomic mass is 10.1. The van der Waals surface area contributed by atoms with Gasteiger partial charge in [0.25, 0.3) is 0 Å². The number of hydrogen-bond donors (Lipinski definition) is 2. The highest BCUT2D eigenvalue weighted by Gasteiger charge is 2.18. The van der Waals surface area contributed by atoms with Crippen LogP contribution >= 0.6 is 0 Å². The lowest BCUT2D eigenvalue weighted by Gasteiger charge is -2.14. The summed E-state index contributed by atoms with van der Waals surface area (Å²) >= 11 is 0. The van der Waals surface area contributed by atoms with Crippen molar-refractivity contribution >= 4 is 11.8 Å². The molecule has 8 heteroatoms. The van der Waals surface area contributed by atoms with Crippen LogP contribution in [0.1, 0.15) is 44.0 Å². The number of benzene rings is 1. The predicted molar refractivity (Wildman–Crippen MR) is 92.7 cm³/mol. The molecule has 0 saturated carbocycles. The fourth-order valence-corrected chi connectivity index (χ4v) is 2.65. The molecule has 1 aromatic heterocycles. The van der Waals surface area contributed by atoms with Crippen molar-refractivity contribution in [2.75, 3.05) is 6.54 Å². The third-order valence-electron chi connectivity index (χ3n) is 3.98. The van der Waals surface area contributed by atoms with E-state index >= 15 is 0 Å². The Labute approximate surface area is 150 Å². The van der Waals surface area contributed by atoms with Crippen molar-refractivity contribution in [3.05, 3.63) is 47.3 Å². The van der Waals surface area contributed by atoms with Gasteiger partial charge in [-0.15, -0.1) is 0 Å². The molecule has 6 nitrogen and oxygen atoms in total. The van der Waals surface area contributed by atoms with Gasteiger partial charge in [-0.25, -0.2) is 13.5 Å². The zero-order valence-corrected chi connectivity index (χ0v) is 15.0. The van der Waals surface area contributed by atoms with E-state index in [4.69, 9.17) is 0 Å². The van der Waals surface area contributed by atoms with Crippen LogP contribution in [0.25, 0.3) is 5.69 Å². The minimum atomic E-state index is -0.711. The Balaban J connectivity index is 2.02. The number of amides is 2. The molecular weight excluding hydrogens is 342 g/mol. The maximum atomic E-state index is 14.0. The van der Waals surface area contributed by atoms with Crippen molar-refractivity contribution in [2.24, 2.45) is 0 Å². The fourth-order valence-electron chi connectivity index (χ4n) is 2.65.